The van der Waals surface area contributed by atoms with Gasteiger partial charge in [0.15, 0.2) is 0 Å². The predicted molar refractivity (Wildman–Crippen MR) is 69.6 cm³/mol. The van der Waals surface area contributed by atoms with Crippen LogP contribution in [0.2, 0.25) is 0 Å². The smallest absolute Gasteiger partial charge is 0.0928 e. The van der Waals surface area contributed by atoms with Gasteiger partial charge >= 0.3 is 0 Å². The van der Waals surface area contributed by atoms with Gasteiger partial charge in [-0.15, -0.1) is 0 Å². The summed E-state index contributed by atoms with van der Waals surface area (Å²) >= 11 is 0. The average Bonchev–Trinajstić information content (AvgIpc) is 2.30. The van der Waals surface area contributed by atoms with E-state index in [1.54, 1.807) is 0 Å². The van der Waals surface area contributed by atoms with Crippen molar-refractivity contribution in [3.05, 3.63) is 0 Å². The quantitative estimate of drug-likeness (QED) is 0.693. The van der Waals surface area contributed by atoms with Gasteiger partial charge in [0.25, 0.3) is 0 Å². The number of nitrogens with zero attached hydrogens (tertiary/aromatic N) is 1. The molecule has 0 saturated heterocycles. The first-order chi connectivity index (χ1) is 7.24. The first-order valence-electron chi connectivity index (χ1n) is 6.39. The highest BCUT2D eigenvalue weighted by molar-refractivity contribution is 4.85. The summed E-state index contributed by atoms with van der Waals surface area (Å²) in [5.41, 5.74) is 5.51. The van der Waals surface area contributed by atoms with Gasteiger partial charge in [0.2, 0.25) is 0 Å². The van der Waals surface area contributed by atoms with Crippen LogP contribution in [-0.4, -0.2) is 6.04 Å². The molecule has 2 nitrogen and oxygen atoms in total. The molecular weight excluding hydrogens is 184 g/mol. The highest BCUT2D eigenvalue weighted by Crippen LogP contribution is 2.18. The molecular formula is C13H30N2. The molecule has 0 amide bonds. The monoisotopic (exact) mass is 214 g/mol. The molecule has 2 unspecified atom stereocenters. The molecule has 2 heteroatoms. The minimum absolute atomic E-state index is 0. The van der Waals surface area contributed by atoms with E-state index in [9.17, 15) is 0 Å². The first-order valence-corrected chi connectivity index (χ1v) is 6.39. The van der Waals surface area contributed by atoms with E-state index in [1.165, 1.54) is 25.7 Å². The van der Waals surface area contributed by atoms with Crippen molar-refractivity contribution in [1.82, 2.24) is 0 Å². The Balaban J connectivity index is -0.000000529. The van der Waals surface area contributed by atoms with Crippen LogP contribution in [0.15, 0.2) is 0 Å². The lowest BCUT2D eigenvalue weighted by Gasteiger charge is -2.13. The molecule has 0 rings (SSSR count). The molecule has 92 valence electrons. The molecule has 2 N–H and O–H groups in total. The Morgan fingerprint density at radius 2 is 1.80 bits per heavy atom. The van der Waals surface area contributed by atoms with Gasteiger partial charge in [-0.2, -0.15) is 5.26 Å². The van der Waals surface area contributed by atoms with Gasteiger partial charge in [-0.05, 0) is 12.3 Å². The van der Waals surface area contributed by atoms with Crippen LogP contribution in [0.5, 0.6) is 0 Å². The Morgan fingerprint density at radius 3 is 2.20 bits per heavy atom. The zero-order chi connectivity index (χ0) is 12.1. The van der Waals surface area contributed by atoms with Gasteiger partial charge in [0.1, 0.15) is 0 Å². The predicted octanol–water partition coefficient (Wildman–Crippen LogP) is 4.11. The van der Waals surface area contributed by atoms with E-state index in [4.69, 9.17) is 11.0 Å². The summed E-state index contributed by atoms with van der Waals surface area (Å²) in [7, 11) is 0. The molecule has 0 spiro atoms. The van der Waals surface area contributed by atoms with Gasteiger partial charge in [0.05, 0.1) is 12.1 Å². The third-order valence-corrected chi connectivity index (χ3v) is 2.57. The topological polar surface area (TPSA) is 49.8 Å². The number of hydrogen-bond donors (Lipinski definition) is 1. The molecule has 0 aliphatic carbocycles. The van der Waals surface area contributed by atoms with E-state index in [2.05, 4.69) is 19.9 Å². The first kappa shape index (κ1) is 16.9. The maximum atomic E-state index is 8.49. The van der Waals surface area contributed by atoms with Crippen molar-refractivity contribution in [2.75, 3.05) is 0 Å². The van der Waals surface area contributed by atoms with E-state index in [-0.39, 0.29) is 7.47 Å². The Bertz CT molecular complexity index is 155. The second-order valence-corrected chi connectivity index (χ2v) is 3.73. The lowest BCUT2D eigenvalue weighted by Crippen LogP contribution is -2.17. The van der Waals surface area contributed by atoms with Crippen molar-refractivity contribution >= 4 is 0 Å². The highest BCUT2D eigenvalue weighted by atomic mass is 14.6. The van der Waals surface area contributed by atoms with Crippen molar-refractivity contribution in [3.8, 4) is 6.07 Å². The lowest BCUT2D eigenvalue weighted by molar-refractivity contribution is 0.410. The standard InChI is InChI=1S/C11H22N2.C2H6.H2/c1-3-6-10(4-2)7-5-8-11(13)9-12;1-2;/h10-11H,3-8,13H2,1-2H3;1-2H3;1H. The van der Waals surface area contributed by atoms with Crippen LogP contribution >= 0.6 is 0 Å². The van der Waals surface area contributed by atoms with Gasteiger partial charge in [0, 0.05) is 1.43 Å². The molecule has 0 aliphatic heterocycles. The summed E-state index contributed by atoms with van der Waals surface area (Å²) in [5, 5.41) is 8.49. The SMILES string of the molecule is CC.CCCC(CC)CCCC(N)C#N.[HH]. The third kappa shape index (κ3) is 11.4. The van der Waals surface area contributed by atoms with Crippen molar-refractivity contribution in [1.29, 1.82) is 5.26 Å². The fourth-order valence-corrected chi connectivity index (χ4v) is 1.65. The molecule has 0 fully saturated rings. The van der Waals surface area contributed by atoms with Crippen molar-refractivity contribution in [2.24, 2.45) is 11.7 Å². The molecule has 0 aliphatic rings. The van der Waals surface area contributed by atoms with Gasteiger partial charge in [-0.3, -0.25) is 0 Å². The number of nitriles is 1. The summed E-state index contributed by atoms with van der Waals surface area (Å²) in [6, 6.07) is 1.82. The molecule has 0 heterocycles. The second kappa shape index (κ2) is 13.4. The van der Waals surface area contributed by atoms with Crippen LogP contribution in [0.1, 0.15) is 67.6 Å². The van der Waals surface area contributed by atoms with Crippen LogP contribution in [0.4, 0.5) is 0 Å². The van der Waals surface area contributed by atoms with Gasteiger partial charge in [-0.1, -0.05) is 59.8 Å². The molecule has 0 aromatic carbocycles. The number of rotatable bonds is 7. The number of hydrogen-bond acceptors (Lipinski definition) is 2. The maximum Gasteiger partial charge on any atom is 0.0928 e. The van der Waals surface area contributed by atoms with Crippen LogP contribution < -0.4 is 5.73 Å². The van der Waals surface area contributed by atoms with E-state index < -0.39 is 0 Å². The summed E-state index contributed by atoms with van der Waals surface area (Å²) in [6.07, 6.45) is 7.04. The van der Waals surface area contributed by atoms with Gasteiger partial charge < -0.3 is 5.73 Å². The van der Waals surface area contributed by atoms with Crippen LogP contribution in [0.3, 0.4) is 0 Å². The van der Waals surface area contributed by atoms with E-state index >= 15 is 0 Å². The molecule has 15 heavy (non-hydrogen) atoms. The Kier molecular flexibility index (Phi) is 15.1. The molecule has 0 aromatic rings. The zero-order valence-corrected chi connectivity index (χ0v) is 10.9. The fraction of sp³-hybridized carbons (Fsp3) is 0.923. The summed E-state index contributed by atoms with van der Waals surface area (Å²) in [4.78, 5) is 0. The zero-order valence-electron chi connectivity index (χ0n) is 10.9. The van der Waals surface area contributed by atoms with Crippen molar-refractivity contribution in [2.45, 2.75) is 72.3 Å². The summed E-state index contributed by atoms with van der Waals surface area (Å²) in [6.45, 7) is 8.47. The maximum absolute atomic E-state index is 8.49. The molecule has 2 atom stereocenters. The molecule has 0 bridgehead atoms. The average molecular weight is 214 g/mol. The molecule has 0 radical (unpaired) electrons. The Labute approximate surface area is 97.3 Å². The largest absolute Gasteiger partial charge is 0.316 e. The Hall–Kier alpha value is -0.550. The van der Waals surface area contributed by atoms with Gasteiger partial charge in [-0.25, -0.2) is 0 Å². The van der Waals surface area contributed by atoms with E-state index in [1.807, 2.05) is 13.8 Å². The molecule has 0 aromatic heterocycles. The van der Waals surface area contributed by atoms with Crippen LogP contribution in [0.25, 0.3) is 0 Å². The summed E-state index contributed by atoms with van der Waals surface area (Å²) in [5.74, 6) is 0.843. The number of nitrogens with two attached hydrogens (primary N) is 1. The highest BCUT2D eigenvalue weighted by Gasteiger charge is 2.06. The minimum Gasteiger partial charge on any atom is -0.316 e. The third-order valence-electron chi connectivity index (χ3n) is 2.57. The van der Waals surface area contributed by atoms with E-state index in [0.717, 1.165) is 18.8 Å². The Morgan fingerprint density at radius 1 is 1.20 bits per heavy atom. The van der Waals surface area contributed by atoms with E-state index in [0.29, 0.717) is 0 Å². The fourth-order valence-electron chi connectivity index (χ4n) is 1.65. The molecule has 0 saturated carbocycles. The normalized spacial score (nSPS) is 13.3. The van der Waals surface area contributed by atoms with Crippen molar-refractivity contribution in [3.63, 3.8) is 0 Å². The lowest BCUT2D eigenvalue weighted by atomic mass is 9.94. The minimum atomic E-state index is -0.251. The second-order valence-electron chi connectivity index (χ2n) is 3.73. The summed E-state index contributed by atoms with van der Waals surface area (Å²) < 4.78 is 0. The van der Waals surface area contributed by atoms with Crippen molar-refractivity contribution < 1.29 is 1.43 Å². The van der Waals surface area contributed by atoms with Crippen LogP contribution in [0, 0.1) is 17.2 Å². The van der Waals surface area contributed by atoms with Crippen LogP contribution in [-0.2, 0) is 0 Å².